The van der Waals surface area contributed by atoms with Gasteiger partial charge in [0.1, 0.15) is 0 Å². The highest BCUT2D eigenvalue weighted by Gasteiger charge is 2.18. The van der Waals surface area contributed by atoms with Crippen molar-refractivity contribution in [1.29, 1.82) is 0 Å². The van der Waals surface area contributed by atoms with Crippen molar-refractivity contribution in [2.75, 3.05) is 53.6 Å². The van der Waals surface area contributed by atoms with Crippen LogP contribution < -0.4 is 5.32 Å². The first-order valence-electron chi connectivity index (χ1n) is 6.82. The summed E-state index contributed by atoms with van der Waals surface area (Å²) in [7, 11) is 3.94. The number of nitrogens with zero attached hydrogens (tertiary/aromatic N) is 1. The van der Waals surface area contributed by atoms with E-state index >= 15 is 0 Å². The molecule has 0 spiro atoms. The first-order valence-corrected chi connectivity index (χ1v) is 6.82. The standard InChI is InChI=1S/C13H28N2O2/c1-15(13-5-3-4-6-13)9-7-14-8-10-17-12-11-16-2/h13-14H,3-12H2,1-2H3. The van der Waals surface area contributed by atoms with E-state index in [-0.39, 0.29) is 0 Å². The van der Waals surface area contributed by atoms with Crippen LogP contribution >= 0.6 is 0 Å². The van der Waals surface area contributed by atoms with Crippen LogP contribution in [0.1, 0.15) is 25.7 Å². The molecule has 0 amide bonds. The van der Waals surface area contributed by atoms with E-state index in [1.165, 1.54) is 25.7 Å². The van der Waals surface area contributed by atoms with Gasteiger partial charge >= 0.3 is 0 Å². The van der Waals surface area contributed by atoms with Crippen molar-refractivity contribution in [1.82, 2.24) is 10.2 Å². The largest absolute Gasteiger partial charge is 0.382 e. The first kappa shape index (κ1) is 14.9. The van der Waals surface area contributed by atoms with E-state index in [0.717, 1.165) is 32.3 Å². The molecule has 1 rings (SSSR count). The van der Waals surface area contributed by atoms with Crippen LogP contribution in [0.4, 0.5) is 0 Å². The second-order valence-corrected chi connectivity index (χ2v) is 4.77. The molecule has 1 fully saturated rings. The number of methoxy groups -OCH3 is 1. The fraction of sp³-hybridized carbons (Fsp3) is 1.00. The number of nitrogens with one attached hydrogen (secondary N) is 1. The van der Waals surface area contributed by atoms with E-state index in [1.54, 1.807) is 7.11 Å². The van der Waals surface area contributed by atoms with Gasteiger partial charge in [0.25, 0.3) is 0 Å². The maximum atomic E-state index is 5.38. The molecule has 0 aromatic rings. The van der Waals surface area contributed by atoms with Crippen molar-refractivity contribution < 1.29 is 9.47 Å². The number of hydrogen-bond donors (Lipinski definition) is 1. The van der Waals surface area contributed by atoms with Crippen LogP contribution in [0.2, 0.25) is 0 Å². The lowest BCUT2D eigenvalue weighted by Crippen LogP contribution is -2.36. The minimum Gasteiger partial charge on any atom is -0.382 e. The zero-order chi connectivity index (χ0) is 12.3. The number of rotatable bonds is 10. The molecule has 4 heteroatoms. The highest BCUT2D eigenvalue weighted by atomic mass is 16.5. The Morgan fingerprint density at radius 1 is 1.12 bits per heavy atom. The zero-order valence-corrected chi connectivity index (χ0v) is 11.4. The monoisotopic (exact) mass is 244 g/mol. The third kappa shape index (κ3) is 6.99. The summed E-state index contributed by atoms with van der Waals surface area (Å²) in [6.07, 6.45) is 5.60. The average Bonchev–Trinajstić information content (AvgIpc) is 2.86. The van der Waals surface area contributed by atoms with Gasteiger partial charge in [0, 0.05) is 32.8 Å². The smallest absolute Gasteiger partial charge is 0.0700 e. The van der Waals surface area contributed by atoms with Gasteiger partial charge in [0.2, 0.25) is 0 Å². The predicted octanol–water partition coefficient (Wildman–Crippen LogP) is 1.11. The number of likely N-dealkylation sites (N-methyl/N-ethyl adjacent to an activating group) is 1. The highest BCUT2D eigenvalue weighted by Crippen LogP contribution is 2.21. The van der Waals surface area contributed by atoms with Gasteiger partial charge in [-0.1, -0.05) is 12.8 Å². The van der Waals surface area contributed by atoms with E-state index in [4.69, 9.17) is 9.47 Å². The topological polar surface area (TPSA) is 33.7 Å². The van der Waals surface area contributed by atoms with E-state index in [1.807, 2.05) is 0 Å². The van der Waals surface area contributed by atoms with Crippen molar-refractivity contribution in [2.45, 2.75) is 31.7 Å². The maximum Gasteiger partial charge on any atom is 0.0700 e. The Kier molecular flexibility index (Phi) is 8.61. The Balaban J connectivity index is 1.83. The molecule has 17 heavy (non-hydrogen) atoms. The Bertz CT molecular complexity index is 173. The van der Waals surface area contributed by atoms with Gasteiger partial charge in [-0.2, -0.15) is 0 Å². The minimum atomic E-state index is 0.685. The lowest BCUT2D eigenvalue weighted by Gasteiger charge is -2.23. The van der Waals surface area contributed by atoms with Crippen LogP contribution in [-0.2, 0) is 9.47 Å². The van der Waals surface area contributed by atoms with Gasteiger partial charge in [0.05, 0.1) is 19.8 Å². The molecule has 1 saturated carbocycles. The zero-order valence-electron chi connectivity index (χ0n) is 11.4. The third-order valence-corrected chi connectivity index (χ3v) is 3.44. The molecular weight excluding hydrogens is 216 g/mol. The average molecular weight is 244 g/mol. The Labute approximate surface area is 106 Å². The van der Waals surface area contributed by atoms with E-state index in [2.05, 4.69) is 17.3 Å². The van der Waals surface area contributed by atoms with E-state index in [9.17, 15) is 0 Å². The van der Waals surface area contributed by atoms with Crippen LogP contribution in [0.15, 0.2) is 0 Å². The molecule has 4 nitrogen and oxygen atoms in total. The van der Waals surface area contributed by atoms with E-state index in [0.29, 0.717) is 13.2 Å². The fourth-order valence-electron chi connectivity index (χ4n) is 2.30. The molecule has 0 bridgehead atoms. The molecule has 0 unspecified atom stereocenters. The molecular formula is C13H28N2O2. The summed E-state index contributed by atoms with van der Waals surface area (Å²) < 4.78 is 10.3. The van der Waals surface area contributed by atoms with Gasteiger partial charge < -0.3 is 19.7 Å². The minimum absolute atomic E-state index is 0.685. The summed E-state index contributed by atoms with van der Waals surface area (Å²) in [5.74, 6) is 0. The molecule has 1 aliphatic rings. The van der Waals surface area contributed by atoms with Crippen molar-refractivity contribution >= 4 is 0 Å². The summed E-state index contributed by atoms with van der Waals surface area (Å²) in [5.41, 5.74) is 0. The molecule has 0 aliphatic heterocycles. The first-order chi connectivity index (χ1) is 8.34. The summed E-state index contributed by atoms with van der Waals surface area (Å²) >= 11 is 0. The van der Waals surface area contributed by atoms with E-state index < -0.39 is 0 Å². The fourth-order valence-corrected chi connectivity index (χ4v) is 2.30. The second kappa shape index (κ2) is 9.83. The molecule has 0 heterocycles. The van der Waals surface area contributed by atoms with Crippen molar-refractivity contribution in [3.8, 4) is 0 Å². The Hall–Kier alpha value is -0.160. The normalized spacial score (nSPS) is 17.1. The molecule has 0 atom stereocenters. The molecule has 102 valence electrons. The summed E-state index contributed by atoms with van der Waals surface area (Å²) in [5, 5.41) is 3.41. The molecule has 1 aliphatic carbocycles. The summed E-state index contributed by atoms with van der Waals surface area (Å²) in [6, 6.07) is 0.828. The molecule has 0 saturated heterocycles. The number of hydrogen-bond acceptors (Lipinski definition) is 4. The predicted molar refractivity (Wildman–Crippen MR) is 70.5 cm³/mol. The van der Waals surface area contributed by atoms with Gasteiger partial charge in [-0.3, -0.25) is 0 Å². The summed E-state index contributed by atoms with van der Waals surface area (Å²) in [6.45, 7) is 5.28. The van der Waals surface area contributed by atoms with Crippen LogP contribution in [0, 0.1) is 0 Å². The van der Waals surface area contributed by atoms with Crippen LogP contribution in [-0.4, -0.2) is 64.6 Å². The third-order valence-electron chi connectivity index (χ3n) is 3.44. The van der Waals surface area contributed by atoms with Crippen molar-refractivity contribution in [2.24, 2.45) is 0 Å². The van der Waals surface area contributed by atoms with Crippen LogP contribution in [0.5, 0.6) is 0 Å². The Morgan fingerprint density at radius 2 is 1.88 bits per heavy atom. The van der Waals surface area contributed by atoms with Gasteiger partial charge in [-0.15, -0.1) is 0 Å². The maximum absolute atomic E-state index is 5.38. The molecule has 0 aromatic carbocycles. The molecule has 0 radical (unpaired) electrons. The van der Waals surface area contributed by atoms with Crippen molar-refractivity contribution in [3.05, 3.63) is 0 Å². The van der Waals surface area contributed by atoms with Gasteiger partial charge in [-0.05, 0) is 19.9 Å². The van der Waals surface area contributed by atoms with Gasteiger partial charge in [-0.25, -0.2) is 0 Å². The van der Waals surface area contributed by atoms with Crippen LogP contribution in [0.3, 0.4) is 0 Å². The van der Waals surface area contributed by atoms with Gasteiger partial charge in [0.15, 0.2) is 0 Å². The number of ether oxygens (including phenoxy) is 2. The Morgan fingerprint density at radius 3 is 2.59 bits per heavy atom. The molecule has 1 N–H and O–H groups in total. The quantitative estimate of drug-likeness (QED) is 0.584. The SMILES string of the molecule is COCCOCCNCCN(C)C1CCCC1. The summed E-state index contributed by atoms with van der Waals surface area (Å²) in [4.78, 5) is 2.49. The lowest BCUT2D eigenvalue weighted by atomic mass is 10.2. The van der Waals surface area contributed by atoms with Crippen LogP contribution in [0.25, 0.3) is 0 Å². The highest BCUT2D eigenvalue weighted by molar-refractivity contribution is 4.75. The second-order valence-electron chi connectivity index (χ2n) is 4.77. The van der Waals surface area contributed by atoms with Crippen molar-refractivity contribution in [3.63, 3.8) is 0 Å². The molecule has 0 aromatic heterocycles. The lowest BCUT2D eigenvalue weighted by molar-refractivity contribution is 0.0717.